The molecule has 1 aliphatic rings. The Bertz CT molecular complexity index is 422. The van der Waals surface area contributed by atoms with Crippen LogP contribution in [0.25, 0.3) is 0 Å². The summed E-state index contributed by atoms with van der Waals surface area (Å²) in [6, 6.07) is 3.65. The van der Waals surface area contributed by atoms with E-state index in [-0.39, 0.29) is 6.04 Å². The van der Waals surface area contributed by atoms with Crippen LogP contribution in [0.1, 0.15) is 24.4 Å². The molecule has 5 heteroatoms. The topological polar surface area (TPSA) is 24.5 Å². The quantitative estimate of drug-likeness (QED) is 0.868. The number of likely N-dealkylation sites (tertiary alicyclic amines) is 1. The predicted octanol–water partition coefficient (Wildman–Crippen LogP) is 2.34. The zero-order valence-electron chi connectivity index (χ0n) is 12.0. The predicted molar refractivity (Wildman–Crippen MR) is 74.6 cm³/mol. The Hall–Kier alpha value is -1.04. The number of benzene rings is 1. The van der Waals surface area contributed by atoms with Gasteiger partial charge in [0, 0.05) is 38.9 Å². The normalized spacial score (nSPS) is 21.3. The van der Waals surface area contributed by atoms with E-state index in [2.05, 4.69) is 10.2 Å². The highest BCUT2D eigenvalue weighted by atomic mass is 19.1. The first-order valence-electron chi connectivity index (χ1n) is 7.00. The number of nitrogens with zero attached hydrogens (tertiary/aromatic N) is 1. The van der Waals surface area contributed by atoms with E-state index in [0.717, 1.165) is 38.5 Å². The van der Waals surface area contributed by atoms with Gasteiger partial charge in [-0.3, -0.25) is 0 Å². The van der Waals surface area contributed by atoms with Crippen LogP contribution in [0, 0.1) is 11.6 Å². The fourth-order valence-corrected chi connectivity index (χ4v) is 2.76. The van der Waals surface area contributed by atoms with Gasteiger partial charge in [0.1, 0.15) is 11.6 Å². The van der Waals surface area contributed by atoms with Crippen LogP contribution in [0.2, 0.25) is 0 Å². The first-order valence-corrected chi connectivity index (χ1v) is 7.00. The van der Waals surface area contributed by atoms with Gasteiger partial charge >= 0.3 is 0 Å². The maximum Gasteiger partial charge on any atom is 0.126 e. The third-order valence-electron chi connectivity index (χ3n) is 3.93. The van der Waals surface area contributed by atoms with Gasteiger partial charge < -0.3 is 15.0 Å². The molecule has 112 valence electrons. The molecule has 0 amide bonds. The van der Waals surface area contributed by atoms with Gasteiger partial charge in [0.15, 0.2) is 0 Å². The molecule has 1 heterocycles. The summed E-state index contributed by atoms with van der Waals surface area (Å²) in [6.07, 6.45) is 2.18. The highest BCUT2D eigenvalue weighted by Gasteiger charge is 2.22. The zero-order chi connectivity index (χ0) is 14.5. The molecule has 3 nitrogen and oxygen atoms in total. The number of ether oxygens (including phenoxy) is 1. The second-order valence-corrected chi connectivity index (χ2v) is 5.28. The summed E-state index contributed by atoms with van der Waals surface area (Å²) >= 11 is 0. The van der Waals surface area contributed by atoms with E-state index in [1.807, 2.05) is 7.05 Å². The molecule has 2 unspecified atom stereocenters. The molecular weight excluding hydrogens is 262 g/mol. The monoisotopic (exact) mass is 284 g/mol. The van der Waals surface area contributed by atoms with Crippen LogP contribution < -0.4 is 5.32 Å². The van der Waals surface area contributed by atoms with Crippen LogP contribution in [0.15, 0.2) is 18.2 Å². The second-order valence-electron chi connectivity index (χ2n) is 5.28. The van der Waals surface area contributed by atoms with Crippen molar-refractivity contribution in [1.29, 1.82) is 0 Å². The van der Waals surface area contributed by atoms with Gasteiger partial charge in [-0.1, -0.05) is 0 Å². The van der Waals surface area contributed by atoms with E-state index >= 15 is 0 Å². The Morgan fingerprint density at radius 3 is 2.60 bits per heavy atom. The number of hydrogen-bond donors (Lipinski definition) is 1. The van der Waals surface area contributed by atoms with Crippen molar-refractivity contribution < 1.29 is 13.5 Å². The van der Waals surface area contributed by atoms with Crippen molar-refractivity contribution in [2.45, 2.75) is 25.0 Å². The Balaban J connectivity index is 1.92. The van der Waals surface area contributed by atoms with Crippen molar-refractivity contribution in [2.75, 3.05) is 33.8 Å². The van der Waals surface area contributed by atoms with E-state index in [1.165, 1.54) is 12.1 Å². The minimum Gasteiger partial charge on any atom is -0.380 e. The Morgan fingerprint density at radius 2 is 2.05 bits per heavy atom. The smallest absolute Gasteiger partial charge is 0.126 e. The molecule has 0 aliphatic carbocycles. The van der Waals surface area contributed by atoms with Crippen LogP contribution in [-0.2, 0) is 4.74 Å². The van der Waals surface area contributed by atoms with Gasteiger partial charge in [0.05, 0.1) is 6.10 Å². The Morgan fingerprint density at radius 1 is 1.35 bits per heavy atom. The summed E-state index contributed by atoms with van der Waals surface area (Å²) in [5, 5.41) is 3.13. The van der Waals surface area contributed by atoms with E-state index in [1.54, 1.807) is 7.11 Å². The van der Waals surface area contributed by atoms with Crippen LogP contribution in [0.5, 0.6) is 0 Å². The fraction of sp³-hybridized carbons (Fsp3) is 0.600. The summed E-state index contributed by atoms with van der Waals surface area (Å²) < 4.78 is 31.9. The molecule has 1 N–H and O–H groups in total. The number of hydrogen-bond acceptors (Lipinski definition) is 3. The van der Waals surface area contributed by atoms with Crippen molar-refractivity contribution in [2.24, 2.45) is 0 Å². The number of nitrogens with one attached hydrogen (secondary N) is 1. The lowest BCUT2D eigenvalue weighted by Crippen LogP contribution is -2.28. The van der Waals surface area contributed by atoms with Crippen LogP contribution >= 0.6 is 0 Å². The van der Waals surface area contributed by atoms with Crippen molar-refractivity contribution in [3.63, 3.8) is 0 Å². The van der Waals surface area contributed by atoms with E-state index < -0.39 is 11.6 Å². The molecule has 0 aromatic heterocycles. The lowest BCUT2D eigenvalue weighted by molar-refractivity contribution is 0.107. The molecule has 1 aromatic rings. The first-order chi connectivity index (χ1) is 9.62. The molecule has 2 atom stereocenters. The summed E-state index contributed by atoms with van der Waals surface area (Å²) in [4.78, 5) is 2.33. The molecule has 1 aliphatic heterocycles. The second kappa shape index (κ2) is 7.11. The average molecular weight is 284 g/mol. The average Bonchev–Trinajstić information content (AvgIpc) is 2.86. The van der Waals surface area contributed by atoms with Crippen molar-refractivity contribution in [1.82, 2.24) is 10.2 Å². The minimum absolute atomic E-state index is 0.0400. The third-order valence-corrected chi connectivity index (χ3v) is 3.93. The summed E-state index contributed by atoms with van der Waals surface area (Å²) in [5.74, 6) is -1.05. The molecule has 1 saturated heterocycles. The van der Waals surface area contributed by atoms with Crippen LogP contribution in [0.3, 0.4) is 0 Å². The van der Waals surface area contributed by atoms with E-state index in [0.29, 0.717) is 11.7 Å². The van der Waals surface area contributed by atoms with Crippen molar-refractivity contribution in [3.8, 4) is 0 Å². The maximum absolute atomic E-state index is 13.3. The van der Waals surface area contributed by atoms with Crippen molar-refractivity contribution >= 4 is 0 Å². The molecule has 0 bridgehead atoms. The molecule has 0 saturated carbocycles. The first kappa shape index (κ1) is 15.4. The van der Waals surface area contributed by atoms with E-state index in [9.17, 15) is 8.78 Å². The molecule has 2 rings (SSSR count). The molecular formula is C15H22F2N2O. The minimum atomic E-state index is -0.527. The fourth-order valence-electron chi connectivity index (χ4n) is 2.76. The SMILES string of the molecule is CNC(CCN1CCC(OC)C1)c1cc(F)cc(F)c1. The van der Waals surface area contributed by atoms with E-state index in [4.69, 9.17) is 4.74 Å². The molecule has 1 aromatic carbocycles. The lowest BCUT2D eigenvalue weighted by atomic mass is 10.0. The molecule has 0 spiro atoms. The summed E-state index contributed by atoms with van der Waals surface area (Å²) in [6.45, 7) is 2.85. The summed E-state index contributed by atoms with van der Waals surface area (Å²) in [5.41, 5.74) is 0.660. The third kappa shape index (κ3) is 3.98. The van der Waals surface area contributed by atoms with Crippen LogP contribution in [-0.4, -0.2) is 44.8 Å². The van der Waals surface area contributed by atoms with Gasteiger partial charge in [-0.15, -0.1) is 0 Å². The highest BCUT2D eigenvalue weighted by molar-refractivity contribution is 5.21. The van der Waals surface area contributed by atoms with Gasteiger partial charge in [0.2, 0.25) is 0 Å². The van der Waals surface area contributed by atoms with Gasteiger partial charge in [-0.25, -0.2) is 8.78 Å². The van der Waals surface area contributed by atoms with Crippen molar-refractivity contribution in [3.05, 3.63) is 35.4 Å². The lowest BCUT2D eigenvalue weighted by Gasteiger charge is -2.21. The number of methoxy groups -OCH3 is 1. The Labute approximate surface area is 118 Å². The summed E-state index contributed by atoms with van der Waals surface area (Å²) in [7, 11) is 3.55. The molecule has 20 heavy (non-hydrogen) atoms. The zero-order valence-corrected chi connectivity index (χ0v) is 12.0. The van der Waals surface area contributed by atoms with Crippen LogP contribution in [0.4, 0.5) is 8.78 Å². The maximum atomic E-state index is 13.3. The van der Waals surface area contributed by atoms with Gasteiger partial charge in [-0.2, -0.15) is 0 Å². The largest absolute Gasteiger partial charge is 0.380 e. The molecule has 1 fully saturated rings. The van der Waals surface area contributed by atoms with Gasteiger partial charge in [0.25, 0.3) is 0 Å². The standard InChI is InChI=1S/C15H22F2N2O/c1-18-15(11-7-12(16)9-13(17)8-11)4-6-19-5-3-14(10-19)20-2/h7-9,14-15,18H,3-6,10H2,1-2H3. The Kier molecular flexibility index (Phi) is 5.46. The molecule has 0 radical (unpaired) electrons. The number of rotatable bonds is 6. The highest BCUT2D eigenvalue weighted by Crippen LogP contribution is 2.21. The van der Waals surface area contributed by atoms with Gasteiger partial charge in [-0.05, 0) is 37.6 Å². The number of halogens is 2.